The fraction of sp³-hybridized carbons (Fsp3) is 0.250. The van der Waals surface area contributed by atoms with Crippen molar-refractivity contribution in [3.63, 3.8) is 0 Å². The van der Waals surface area contributed by atoms with Crippen LogP contribution in [0.15, 0.2) is 35.1 Å². The van der Waals surface area contributed by atoms with Crippen LogP contribution in [-0.2, 0) is 7.05 Å². The van der Waals surface area contributed by atoms with E-state index in [1.165, 1.54) is 0 Å². The smallest absolute Gasteiger partial charge is 0.301 e. The first-order valence-electron chi connectivity index (χ1n) is 5.27. The van der Waals surface area contributed by atoms with Crippen molar-refractivity contribution in [1.82, 2.24) is 14.8 Å². The van der Waals surface area contributed by atoms with E-state index in [1.54, 1.807) is 16.6 Å². The molecule has 1 heterocycles. The fourth-order valence-electron chi connectivity index (χ4n) is 1.62. The minimum Gasteiger partial charge on any atom is -0.347 e. The molecule has 5 nitrogen and oxygen atoms in total. The van der Waals surface area contributed by atoms with Crippen molar-refractivity contribution in [3.05, 3.63) is 40.7 Å². The van der Waals surface area contributed by atoms with E-state index in [9.17, 15) is 4.79 Å². The molecule has 0 fully saturated rings. The zero-order valence-corrected chi connectivity index (χ0v) is 10.1. The molecule has 5 heteroatoms. The largest absolute Gasteiger partial charge is 0.347 e. The van der Waals surface area contributed by atoms with Gasteiger partial charge in [0.05, 0.1) is 0 Å². The van der Waals surface area contributed by atoms with Crippen molar-refractivity contribution >= 4 is 5.95 Å². The summed E-state index contributed by atoms with van der Waals surface area (Å²) in [6.07, 6.45) is 0. The lowest BCUT2D eigenvalue weighted by atomic mass is 10.2. The van der Waals surface area contributed by atoms with Crippen LogP contribution in [0.2, 0.25) is 0 Å². The molecule has 1 aromatic heterocycles. The molecule has 0 aliphatic heterocycles. The highest BCUT2D eigenvalue weighted by molar-refractivity contribution is 5.57. The van der Waals surface area contributed by atoms with E-state index in [-0.39, 0.29) is 5.56 Å². The average molecular weight is 230 g/mol. The van der Waals surface area contributed by atoms with Crippen molar-refractivity contribution < 1.29 is 0 Å². The lowest BCUT2D eigenvalue weighted by Crippen LogP contribution is -2.25. The van der Waals surface area contributed by atoms with Crippen LogP contribution in [0.3, 0.4) is 0 Å². The number of benzene rings is 1. The molecule has 2 rings (SSSR count). The van der Waals surface area contributed by atoms with E-state index in [2.05, 4.69) is 10.1 Å². The summed E-state index contributed by atoms with van der Waals surface area (Å²) in [6, 6.07) is 9.34. The average Bonchev–Trinajstić information content (AvgIpc) is 2.32. The highest BCUT2D eigenvalue weighted by atomic mass is 16.1. The molecular weight excluding hydrogens is 216 g/mol. The Kier molecular flexibility index (Phi) is 2.91. The molecule has 0 aliphatic rings. The van der Waals surface area contributed by atoms with Crippen LogP contribution in [0.5, 0.6) is 0 Å². The highest BCUT2D eigenvalue weighted by Crippen LogP contribution is 2.12. The van der Waals surface area contributed by atoms with Crippen LogP contribution < -0.4 is 10.5 Å². The molecule has 0 aliphatic carbocycles. The van der Waals surface area contributed by atoms with Crippen molar-refractivity contribution in [1.29, 1.82) is 0 Å². The Balaban J connectivity index is 2.59. The van der Waals surface area contributed by atoms with Crippen LogP contribution >= 0.6 is 0 Å². The van der Waals surface area contributed by atoms with Gasteiger partial charge in [0.15, 0.2) is 5.69 Å². The molecule has 1 aromatic carbocycles. The van der Waals surface area contributed by atoms with Crippen LogP contribution in [0.4, 0.5) is 5.95 Å². The third-order valence-electron chi connectivity index (χ3n) is 2.39. The van der Waals surface area contributed by atoms with Crippen LogP contribution in [0.1, 0.15) is 0 Å². The van der Waals surface area contributed by atoms with Gasteiger partial charge in [0.2, 0.25) is 5.95 Å². The Morgan fingerprint density at radius 1 is 1.18 bits per heavy atom. The number of anilines is 1. The lowest BCUT2D eigenvalue weighted by Gasteiger charge is -2.14. The van der Waals surface area contributed by atoms with Gasteiger partial charge in [-0.2, -0.15) is 10.1 Å². The molecule has 0 N–H and O–H groups in total. The summed E-state index contributed by atoms with van der Waals surface area (Å²) in [4.78, 5) is 17.7. The molecular formula is C12H14N4O. The van der Waals surface area contributed by atoms with E-state index in [1.807, 2.05) is 44.4 Å². The molecule has 17 heavy (non-hydrogen) atoms. The van der Waals surface area contributed by atoms with Gasteiger partial charge >= 0.3 is 5.56 Å². The Morgan fingerprint density at radius 2 is 1.82 bits per heavy atom. The summed E-state index contributed by atoms with van der Waals surface area (Å²) in [6.45, 7) is 0. The Bertz CT molecular complexity index is 575. The zero-order valence-electron chi connectivity index (χ0n) is 10.1. The zero-order chi connectivity index (χ0) is 12.4. The second-order valence-electron chi connectivity index (χ2n) is 3.95. The van der Waals surface area contributed by atoms with E-state index in [0.29, 0.717) is 11.6 Å². The van der Waals surface area contributed by atoms with E-state index < -0.39 is 0 Å². The number of hydrogen-bond donors (Lipinski definition) is 0. The van der Waals surface area contributed by atoms with Gasteiger partial charge in [-0.25, -0.2) is 4.68 Å². The fourth-order valence-corrected chi connectivity index (χ4v) is 1.62. The Labute approximate surface area is 99.3 Å². The molecule has 0 radical (unpaired) electrons. The van der Waals surface area contributed by atoms with Crippen LogP contribution in [0.25, 0.3) is 11.3 Å². The summed E-state index contributed by atoms with van der Waals surface area (Å²) in [5.74, 6) is 0.537. The summed E-state index contributed by atoms with van der Waals surface area (Å²) >= 11 is 0. The van der Waals surface area contributed by atoms with Gasteiger partial charge in [0.1, 0.15) is 0 Å². The Morgan fingerprint density at radius 3 is 2.41 bits per heavy atom. The van der Waals surface area contributed by atoms with E-state index in [0.717, 1.165) is 5.56 Å². The first-order chi connectivity index (χ1) is 8.09. The number of rotatable bonds is 2. The maximum Gasteiger partial charge on any atom is 0.301 e. The van der Waals surface area contributed by atoms with Crippen molar-refractivity contribution in [3.8, 4) is 11.3 Å². The number of aromatic nitrogens is 3. The maximum absolute atomic E-state index is 11.9. The van der Waals surface area contributed by atoms with Gasteiger partial charge in [-0.3, -0.25) is 4.79 Å². The molecule has 88 valence electrons. The normalized spacial score (nSPS) is 10.3. The van der Waals surface area contributed by atoms with Gasteiger partial charge in [0, 0.05) is 26.7 Å². The van der Waals surface area contributed by atoms with Gasteiger partial charge in [-0.05, 0) is 0 Å². The number of aryl methyl sites for hydroxylation is 1. The lowest BCUT2D eigenvalue weighted by molar-refractivity contribution is 0.697. The third kappa shape index (κ3) is 2.18. The van der Waals surface area contributed by atoms with Crippen molar-refractivity contribution in [2.24, 2.45) is 7.05 Å². The van der Waals surface area contributed by atoms with E-state index >= 15 is 0 Å². The number of nitrogens with zero attached hydrogens (tertiary/aromatic N) is 4. The molecule has 0 bridgehead atoms. The Hall–Kier alpha value is -2.17. The SMILES string of the molecule is CN(C)c1nc(=O)c(-c2ccccc2)nn1C. The minimum atomic E-state index is -0.307. The van der Waals surface area contributed by atoms with Crippen LogP contribution in [0, 0.1) is 0 Å². The first-order valence-corrected chi connectivity index (χ1v) is 5.27. The van der Waals surface area contributed by atoms with Crippen LogP contribution in [-0.4, -0.2) is 28.9 Å². The van der Waals surface area contributed by atoms with E-state index in [4.69, 9.17) is 0 Å². The predicted molar refractivity (Wildman–Crippen MR) is 67.0 cm³/mol. The van der Waals surface area contributed by atoms with Gasteiger partial charge < -0.3 is 4.90 Å². The standard InChI is InChI=1S/C12H14N4O/c1-15(2)12-13-11(17)10(14-16(12)3)9-7-5-4-6-8-9/h4-8H,1-3H3. The topological polar surface area (TPSA) is 51.0 Å². The molecule has 0 atom stereocenters. The first kappa shape index (κ1) is 11.3. The van der Waals surface area contributed by atoms with Crippen molar-refractivity contribution in [2.75, 3.05) is 19.0 Å². The quantitative estimate of drug-likeness (QED) is 0.769. The molecule has 0 unspecified atom stereocenters. The van der Waals surface area contributed by atoms with Gasteiger partial charge in [-0.15, -0.1) is 0 Å². The molecule has 0 amide bonds. The summed E-state index contributed by atoms with van der Waals surface area (Å²) in [5, 5.41) is 4.26. The maximum atomic E-state index is 11.9. The van der Waals surface area contributed by atoms with Crippen molar-refractivity contribution in [2.45, 2.75) is 0 Å². The second-order valence-corrected chi connectivity index (χ2v) is 3.95. The minimum absolute atomic E-state index is 0.307. The third-order valence-corrected chi connectivity index (χ3v) is 2.39. The predicted octanol–water partition coefficient (Wildman–Crippen LogP) is 0.908. The van der Waals surface area contributed by atoms with Gasteiger partial charge in [-0.1, -0.05) is 30.3 Å². The summed E-state index contributed by atoms with van der Waals surface area (Å²) in [5.41, 5.74) is 0.850. The molecule has 2 aromatic rings. The summed E-state index contributed by atoms with van der Waals surface area (Å²) < 4.78 is 1.60. The second kappa shape index (κ2) is 4.37. The number of hydrogen-bond acceptors (Lipinski definition) is 4. The van der Waals surface area contributed by atoms with Gasteiger partial charge in [0.25, 0.3) is 0 Å². The molecule has 0 spiro atoms. The molecule has 0 saturated carbocycles. The molecule has 0 saturated heterocycles. The highest BCUT2D eigenvalue weighted by Gasteiger charge is 2.10. The monoisotopic (exact) mass is 230 g/mol. The summed E-state index contributed by atoms with van der Waals surface area (Å²) in [7, 11) is 5.42.